The first-order valence-corrected chi connectivity index (χ1v) is 5.57. The minimum atomic E-state index is 0.279. The van der Waals surface area contributed by atoms with Crippen molar-refractivity contribution in [3.63, 3.8) is 0 Å². The number of hydrogen-bond acceptors (Lipinski definition) is 2. The lowest BCUT2D eigenvalue weighted by Gasteiger charge is -2.35. The van der Waals surface area contributed by atoms with Crippen molar-refractivity contribution in [2.45, 2.75) is 70.1 Å². The van der Waals surface area contributed by atoms with Crippen LogP contribution >= 0.6 is 0 Å². The van der Waals surface area contributed by atoms with E-state index in [2.05, 4.69) is 31.4 Å². The Labute approximate surface area is 81.5 Å². The zero-order chi connectivity index (χ0) is 9.47. The summed E-state index contributed by atoms with van der Waals surface area (Å²) in [6.07, 6.45) is 5.45. The molecule has 2 nitrogen and oxygen atoms in total. The molecule has 0 aromatic rings. The molecule has 2 N–H and O–H groups in total. The molecule has 2 rings (SSSR count). The Kier molecular flexibility index (Phi) is 2.37. The molecule has 0 spiro atoms. The van der Waals surface area contributed by atoms with E-state index in [4.69, 9.17) is 0 Å². The number of nitrogens with one attached hydrogen (secondary N) is 2. The van der Waals surface area contributed by atoms with Crippen molar-refractivity contribution in [1.29, 1.82) is 0 Å². The fraction of sp³-hybridized carbons (Fsp3) is 1.00. The summed E-state index contributed by atoms with van der Waals surface area (Å²) in [4.78, 5) is 0. The maximum Gasteiger partial charge on any atom is 0.0101 e. The second kappa shape index (κ2) is 3.25. The van der Waals surface area contributed by atoms with Gasteiger partial charge in [0.15, 0.2) is 0 Å². The molecule has 2 unspecified atom stereocenters. The van der Waals surface area contributed by atoms with Crippen molar-refractivity contribution in [1.82, 2.24) is 10.6 Å². The van der Waals surface area contributed by atoms with Crippen molar-refractivity contribution in [2.24, 2.45) is 0 Å². The van der Waals surface area contributed by atoms with Crippen LogP contribution < -0.4 is 10.6 Å². The van der Waals surface area contributed by atoms with E-state index in [1.807, 2.05) is 0 Å². The highest BCUT2D eigenvalue weighted by molar-refractivity contribution is 4.96. The molecule has 2 atom stereocenters. The summed E-state index contributed by atoms with van der Waals surface area (Å²) in [6, 6.07) is 2.36. The average molecular weight is 182 g/mol. The first-order valence-electron chi connectivity index (χ1n) is 5.57. The Morgan fingerprint density at radius 3 is 2.08 bits per heavy atom. The minimum absolute atomic E-state index is 0.279. The summed E-state index contributed by atoms with van der Waals surface area (Å²) in [5, 5.41) is 7.38. The highest BCUT2D eigenvalue weighted by atomic mass is 15.1. The van der Waals surface area contributed by atoms with Gasteiger partial charge in [0, 0.05) is 23.7 Å². The normalized spacial score (nSPS) is 39.5. The van der Waals surface area contributed by atoms with Crippen LogP contribution in [0.4, 0.5) is 0 Å². The Bertz CT molecular complexity index is 171. The zero-order valence-electron chi connectivity index (χ0n) is 9.06. The van der Waals surface area contributed by atoms with Crippen molar-refractivity contribution < 1.29 is 0 Å². The lowest BCUT2D eigenvalue weighted by molar-refractivity contribution is 0.265. The van der Waals surface area contributed by atoms with E-state index in [9.17, 15) is 0 Å². The Hall–Kier alpha value is -0.0800. The first-order chi connectivity index (χ1) is 6.03. The van der Waals surface area contributed by atoms with Crippen molar-refractivity contribution in [3.05, 3.63) is 0 Å². The smallest absolute Gasteiger partial charge is 0.0101 e. The molecule has 2 bridgehead atoms. The molecule has 2 heterocycles. The van der Waals surface area contributed by atoms with E-state index in [0.29, 0.717) is 0 Å². The molecule has 0 saturated carbocycles. The topological polar surface area (TPSA) is 24.1 Å². The molecule has 0 amide bonds. The fourth-order valence-electron chi connectivity index (χ4n) is 2.79. The van der Waals surface area contributed by atoms with Crippen LogP contribution in [0, 0.1) is 0 Å². The molecular formula is C11H22N2. The summed E-state index contributed by atoms with van der Waals surface area (Å²) in [6.45, 7) is 6.78. The SMILES string of the molecule is CC(C)(C)NC1CC2CCC(C1)N2. The molecule has 13 heavy (non-hydrogen) atoms. The quantitative estimate of drug-likeness (QED) is 0.644. The van der Waals surface area contributed by atoms with Crippen LogP contribution in [0.5, 0.6) is 0 Å². The number of piperidine rings is 1. The molecule has 0 aliphatic carbocycles. The van der Waals surface area contributed by atoms with Gasteiger partial charge in [-0.25, -0.2) is 0 Å². The molecule has 2 aliphatic rings. The molecule has 0 aromatic heterocycles. The summed E-state index contributed by atoms with van der Waals surface area (Å²) in [5.74, 6) is 0. The van der Waals surface area contributed by atoms with Crippen LogP contribution in [0.2, 0.25) is 0 Å². The van der Waals surface area contributed by atoms with Gasteiger partial charge in [0.1, 0.15) is 0 Å². The van der Waals surface area contributed by atoms with E-state index in [1.165, 1.54) is 25.7 Å². The Morgan fingerprint density at radius 1 is 1.08 bits per heavy atom. The van der Waals surface area contributed by atoms with Gasteiger partial charge in [0.2, 0.25) is 0 Å². The van der Waals surface area contributed by atoms with Crippen LogP contribution in [0.15, 0.2) is 0 Å². The monoisotopic (exact) mass is 182 g/mol. The molecule has 0 aromatic carbocycles. The lowest BCUT2D eigenvalue weighted by Crippen LogP contribution is -2.51. The van der Waals surface area contributed by atoms with Gasteiger partial charge in [-0.05, 0) is 46.5 Å². The van der Waals surface area contributed by atoms with Crippen LogP contribution in [0.1, 0.15) is 46.5 Å². The van der Waals surface area contributed by atoms with Gasteiger partial charge < -0.3 is 10.6 Å². The highest BCUT2D eigenvalue weighted by Gasteiger charge is 2.34. The van der Waals surface area contributed by atoms with Gasteiger partial charge in [-0.1, -0.05) is 0 Å². The predicted octanol–water partition coefficient (Wildman–Crippen LogP) is 1.66. The zero-order valence-corrected chi connectivity index (χ0v) is 9.06. The maximum atomic E-state index is 3.72. The first kappa shape index (κ1) is 9.47. The molecule has 2 saturated heterocycles. The van der Waals surface area contributed by atoms with Gasteiger partial charge in [0.05, 0.1) is 0 Å². The van der Waals surface area contributed by atoms with Crippen LogP contribution in [-0.2, 0) is 0 Å². The van der Waals surface area contributed by atoms with Crippen molar-refractivity contribution in [2.75, 3.05) is 0 Å². The van der Waals surface area contributed by atoms with E-state index < -0.39 is 0 Å². The maximum absolute atomic E-state index is 3.72. The van der Waals surface area contributed by atoms with Crippen molar-refractivity contribution >= 4 is 0 Å². The molecule has 2 heteroatoms. The highest BCUT2D eigenvalue weighted by Crippen LogP contribution is 2.27. The second-order valence-electron chi connectivity index (χ2n) is 5.70. The van der Waals surface area contributed by atoms with Crippen molar-refractivity contribution in [3.8, 4) is 0 Å². The Balaban J connectivity index is 1.88. The third-order valence-electron chi connectivity index (χ3n) is 3.11. The van der Waals surface area contributed by atoms with Crippen LogP contribution in [0.3, 0.4) is 0 Å². The van der Waals surface area contributed by atoms with Crippen LogP contribution in [0.25, 0.3) is 0 Å². The average Bonchev–Trinajstić information content (AvgIpc) is 2.27. The van der Waals surface area contributed by atoms with Gasteiger partial charge in [-0.3, -0.25) is 0 Å². The third-order valence-corrected chi connectivity index (χ3v) is 3.11. The van der Waals surface area contributed by atoms with E-state index in [-0.39, 0.29) is 5.54 Å². The van der Waals surface area contributed by atoms with E-state index in [1.54, 1.807) is 0 Å². The second-order valence-corrected chi connectivity index (χ2v) is 5.70. The largest absolute Gasteiger partial charge is 0.311 e. The van der Waals surface area contributed by atoms with Gasteiger partial charge >= 0.3 is 0 Å². The number of fused-ring (bicyclic) bond motifs is 2. The van der Waals surface area contributed by atoms with E-state index in [0.717, 1.165) is 18.1 Å². The molecule has 0 radical (unpaired) electrons. The summed E-state index contributed by atoms with van der Waals surface area (Å²) >= 11 is 0. The number of rotatable bonds is 1. The standard InChI is InChI=1S/C11H22N2/c1-11(2,3)13-10-6-8-4-5-9(7-10)12-8/h8-10,12-13H,4-7H2,1-3H3. The number of hydrogen-bond donors (Lipinski definition) is 2. The van der Waals surface area contributed by atoms with Gasteiger partial charge in [-0.2, -0.15) is 0 Å². The molecule has 76 valence electrons. The minimum Gasteiger partial charge on any atom is -0.311 e. The predicted molar refractivity (Wildman–Crippen MR) is 55.9 cm³/mol. The van der Waals surface area contributed by atoms with Gasteiger partial charge in [0.25, 0.3) is 0 Å². The fourth-order valence-corrected chi connectivity index (χ4v) is 2.79. The summed E-state index contributed by atoms with van der Waals surface area (Å²) in [7, 11) is 0. The molecule has 2 aliphatic heterocycles. The lowest BCUT2D eigenvalue weighted by atomic mass is 9.96. The summed E-state index contributed by atoms with van der Waals surface area (Å²) < 4.78 is 0. The van der Waals surface area contributed by atoms with Gasteiger partial charge in [-0.15, -0.1) is 0 Å². The van der Waals surface area contributed by atoms with E-state index >= 15 is 0 Å². The third kappa shape index (κ3) is 2.44. The van der Waals surface area contributed by atoms with Crippen LogP contribution in [-0.4, -0.2) is 23.7 Å². The Morgan fingerprint density at radius 2 is 1.62 bits per heavy atom. The summed E-state index contributed by atoms with van der Waals surface area (Å²) in [5.41, 5.74) is 0.279. The molecule has 2 fully saturated rings. The molecular weight excluding hydrogens is 160 g/mol.